The third kappa shape index (κ3) is 3.50. The van der Waals surface area contributed by atoms with Gasteiger partial charge >= 0.3 is 0 Å². The average Bonchev–Trinajstić information content (AvgIpc) is 2.58. The predicted molar refractivity (Wildman–Crippen MR) is 91.8 cm³/mol. The monoisotopic (exact) mass is 344 g/mol. The third-order valence-electron chi connectivity index (χ3n) is 4.30. The van der Waals surface area contributed by atoms with Gasteiger partial charge in [-0.25, -0.2) is 8.78 Å². The van der Waals surface area contributed by atoms with Crippen molar-refractivity contribution >= 4 is 16.6 Å². The van der Waals surface area contributed by atoms with Crippen LogP contribution in [-0.2, 0) is 0 Å². The zero-order valence-corrected chi connectivity index (χ0v) is 13.7. The number of fused-ring (bicyclic) bond motifs is 1. The lowest BCUT2D eigenvalue weighted by Gasteiger charge is -2.18. The number of anilines is 1. The first kappa shape index (κ1) is 17.0. The molecule has 2 heterocycles. The normalized spacial score (nSPS) is 13.9. The van der Waals surface area contributed by atoms with Crippen molar-refractivity contribution in [3.05, 3.63) is 42.2 Å². The van der Waals surface area contributed by atoms with E-state index >= 15 is 0 Å². The van der Waals surface area contributed by atoms with E-state index < -0.39 is 17.4 Å². The zero-order valence-electron chi connectivity index (χ0n) is 13.7. The second kappa shape index (κ2) is 6.96. The molecule has 0 unspecified atom stereocenters. The maximum Gasteiger partial charge on any atom is 0.162 e. The quantitative estimate of drug-likeness (QED) is 0.695. The molecule has 0 bridgehead atoms. The largest absolute Gasteiger partial charge is 0.507 e. The molecule has 0 radical (unpaired) electrons. The van der Waals surface area contributed by atoms with Gasteiger partial charge in [0.05, 0.1) is 0 Å². The Morgan fingerprint density at radius 3 is 2.44 bits per heavy atom. The minimum Gasteiger partial charge on any atom is -0.507 e. The Hall–Kier alpha value is -2.83. The molecule has 1 fully saturated rings. The van der Waals surface area contributed by atoms with Crippen LogP contribution >= 0.6 is 0 Å². The molecule has 5 nitrogen and oxygen atoms in total. The van der Waals surface area contributed by atoms with Crippen molar-refractivity contribution in [2.45, 2.75) is 26.2 Å². The summed E-state index contributed by atoms with van der Waals surface area (Å²) in [6.07, 6.45) is 7.45. The van der Waals surface area contributed by atoms with Crippen LogP contribution in [0, 0.1) is 17.6 Å². The van der Waals surface area contributed by atoms with E-state index in [4.69, 9.17) is 5.73 Å². The highest BCUT2D eigenvalue weighted by Crippen LogP contribution is 2.34. The number of aromatic nitrogens is 3. The Morgan fingerprint density at radius 2 is 1.80 bits per heavy atom. The van der Waals surface area contributed by atoms with Crippen LogP contribution in [0.15, 0.2) is 30.6 Å². The summed E-state index contributed by atoms with van der Waals surface area (Å²) in [5, 5.41) is 18.4. The van der Waals surface area contributed by atoms with Crippen molar-refractivity contribution in [3.63, 3.8) is 0 Å². The standard InChI is InChI=1S/C13H8F2N4O.C5H10/c14-9-3-7(11(20)4-10(9)15)12-6-1-2-17-5-8(6)13(16)19-18-12;1-5-3-2-4-5/h1-5,20H,(H2,16,19);5H,2-4H2,1H3. The van der Waals surface area contributed by atoms with Crippen LogP contribution in [0.3, 0.4) is 0 Å². The molecule has 130 valence electrons. The van der Waals surface area contributed by atoms with Crippen molar-refractivity contribution < 1.29 is 13.9 Å². The van der Waals surface area contributed by atoms with Crippen molar-refractivity contribution in [1.82, 2.24) is 15.2 Å². The van der Waals surface area contributed by atoms with Crippen LogP contribution in [0.2, 0.25) is 0 Å². The number of rotatable bonds is 1. The summed E-state index contributed by atoms with van der Waals surface area (Å²) < 4.78 is 26.4. The molecule has 7 heteroatoms. The number of nitrogens with zero attached hydrogens (tertiary/aromatic N) is 3. The fourth-order valence-electron chi connectivity index (χ4n) is 2.55. The SMILES string of the molecule is CC1CCC1.Nc1nnc(-c2cc(F)c(F)cc2O)c2ccncc12. The Labute approximate surface area is 143 Å². The van der Waals surface area contributed by atoms with Crippen molar-refractivity contribution in [1.29, 1.82) is 0 Å². The fourth-order valence-corrected chi connectivity index (χ4v) is 2.55. The molecule has 1 saturated carbocycles. The van der Waals surface area contributed by atoms with Crippen molar-refractivity contribution in [3.8, 4) is 17.0 Å². The van der Waals surface area contributed by atoms with E-state index in [0.29, 0.717) is 16.8 Å². The molecule has 0 amide bonds. The first-order valence-electron chi connectivity index (χ1n) is 8.01. The van der Waals surface area contributed by atoms with E-state index in [1.807, 2.05) is 0 Å². The van der Waals surface area contributed by atoms with Gasteiger partial charge in [-0.2, -0.15) is 0 Å². The van der Waals surface area contributed by atoms with Crippen LogP contribution in [0.4, 0.5) is 14.6 Å². The van der Waals surface area contributed by atoms with Gasteiger partial charge in [0.25, 0.3) is 0 Å². The molecule has 0 atom stereocenters. The van der Waals surface area contributed by atoms with Crippen LogP contribution in [-0.4, -0.2) is 20.3 Å². The maximum atomic E-state index is 13.4. The summed E-state index contributed by atoms with van der Waals surface area (Å²) in [5.74, 6) is -1.42. The van der Waals surface area contributed by atoms with Gasteiger partial charge in [0.1, 0.15) is 11.4 Å². The van der Waals surface area contributed by atoms with E-state index in [2.05, 4.69) is 22.1 Å². The molecule has 1 aromatic carbocycles. The summed E-state index contributed by atoms with van der Waals surface area (Å²) in [4.78, 5) is 3.92. The zero-order chi connectivity index (χ0) is 18.0. The highest BCUT2D eigenvalue weighted by molar-refractivity contribution is 5.99. The van der Waals surface area contributed by atoms with Crippen LogP contribution < -0.4 is 5.73 Å². The van der Waals surface area contributed by atoms with Crippen molar-refractivity contribution in [2.75, 3.05) is 5.73 Å². The Kier molecular flexibility index (Phi) is 4.74. The summed E-state index contributed by atoms with van der Waals surface area (Å²) in [7, 11) is 0. The first-order valence-corrected chi connectivity index (χ1v) is 8.01. The summed E-state index contributed by atoms with van der Waals surface area (Å²) in [6.45, 7) is 2.31. The van der Waals surface area contributed by atoms with Gasteiger partial charge in [0.2, 0.25) is 0 Å². The van der Waals surface area contributed by atoms with E-state index in [9.17, 15) is 13.9 Å². The van der Waals surface area contributed by atoms with Gasteiger partial charge in [-0.3, -0.25) is 4.98 Å². The van der Waals surface area contributed by atoms with Crippen LogP contribution in [0.1, 0.15) is 26.2 Å². The average molecular weight is 344 g/mol. The second-order valence-electron chi connectivity index (χ2n) is 6.17. The number of nitrogen functional groups attached to an aromatic ring is 1. The summed E-state index contributed by atoms with van der Waals surface area (Å²) in [6, 6.07) is 3.16. The molecule has 0 saturated heterocycles. The van der Waals surface area contributed by atoms with Gasteiger partial charge < -0.3 is 10.8 Å². The van der Waals surface area contributed by atoms with Crippen LogP contribution in [0.25, 0.3) is 22.0 Å². The van der Waals surface area contributed by atoms with Gasteiger partial charge in [-0.1, -0.05) is 26.2 Å². The molecule has 25 heavy (non-hydrogen) atoms. The number of phenols is 1. The highest BCUT2D eigenvalue weighted by atomic mass is 19.2. The van der Waals surface area contributed by atoms with E-state index in [0.717, 1.165) is 12.0 Å². The number of pyridine rings is 1. The molecule has 0 spiro atoms. The highest BCUT2D eigenvalue weighted by Gasteiger charge is 2.16. The fraction of sp³-hybridized carbons (Fsp3) is 0.278. The Bertz CT molecular complexity index is 913. The number of hydrogen-bond acceptors (Lipinski definition) is 5. The van der Waals surface area contributed by atoms with E-state index in [1.54, 1.807) is 6.07 Å². The lowest BCUT2D eigenvalue weighted by atomic mass is 9.88. The minimum absolute atomic E-state index is 0.0348. The number of hydrogen-bond donors (Lipinski definition) is 2. The van der Waals surface area contributed by atoms with Gasteiger partial charge in [-0.15, -0.1) is 10.2 Å². The first-order chi connectivity index (χ1) is 12.0. The number of aromatic hydroxyl groups is 1. The number of benzene rings is 1. The second-order valence-corrected chi connectivity index (χ2v) is 6.17. The lowest BCUT2D eigenvalue weighted by Crippen LogP contribution is -2.04. The molecule has 1 aliphatic rings. The molecule has 2 aromatic heterocycles. The molecular weight excluding hydrogens is 326 g/mol. The summed E-state index contributed by atoms with van der Waals surface area (Å²) >= 11 is 0. The van der Waals surface area contributed by atoms with Crippen LogP contribution in [0.5, 0.6) is 5.75 Å². The van der Waals surface area contributed by atoms with E-state index in [-0.39, 0.29) is 17.1 Å². The molecule has 3 N–H and O–H groups in total. The third-order valence-corrected chi connectivity index (χ3v) is 4.30. The smallest absolute Gasteiger partial charge is 0.162 e. The lowest BCUT2D eigenvalue weighted by molar-refractivity contribution is 0.346. The molecule has 4 rings (SSSR count). The van der Waals surface area contributed by atoms with Gasteiger partial charge in [0.15, 0.2) is 17.5 Å². The van der Waals surface area contributed by atoms with E-state index in [1.165, 1.54) is 31.7 Å². The predicted octanol–water partition coefficient (Wildman–Crippen LogP) is 4.06. The van der Waals surface area contributed by atoms with Gasteiger partial charge in [0, 0.05) is 34.8 Å². The topological polar surface area (TPSA) is 84.9 Å². The summed E-state index contributed by atoms with van der Waals surface area (Å²) in [5.41, 5.74) is 5.92. The number of nitrogens with two attached hydrogens (primary N) is 1. The molecular formula is C18H18F2N4O. The number of halogens is 2. The Balaban J connectivity index is 0.000000314. The number of phenolic OH excluding ortho intramolecular Hbond substituents is 1. The molecule has 0 aliphatic heterocycles. The maximum absolute atomic E-state index is 13.4. The minimum atomic E-state index is -1.14. The Morgan fingerprint density at radius 1 is 1.12 bits per heavy atom. The van der Waals surface area contributed by atoms with Crippen molar-refractivity contribution in [2.24, 2.45) is 5.92 Å². The van der Waals surface area contributed by atoms with Gasteiger partial charge in [-0.05, 0) is 18.1 Å². The molecule has 1 aliphatic carbocycles. The molecule has 3 aromatic rings.